The van der Waals surface area contributed by atoms with Gasteiger partial charge in [0.15, 0.2) is 11.6 Å². The Kier molecular flexibility index (Phi) is 6.10. The summed E-state index contributed by atoms with van der Waals surface area (Å²) < 4.78 is 26.1. The first kappa shape index (κ1) is 20.1. The molecular weight excluding hydrogens is 373 g/mol. The fourth-order valence-electron chi connectivity index (χ4n) is 3.78. The van der Waals surface area contributed by atoms with Crippen LogP contribution in [0, 0.1) is 23.6 Å². The first-order valence-electron chi connectivity index (χ1n) is 9.28. The molecule has 1 aromatic rings. The van der Waals surface area contributed by atoms with Crippen LogP contribution in [-0.4, -0.2) is 32.8 Å². The van der Waals surface area contributed by atoms with Gasteiger partial charge in [0.2, 0.25) is 5.44 Å². The third-order valence-corrected chi connectivity index (χ3v) is 6.42. The van der Waals surface area contributed by atoms with E-state index in [1.165, 1.54) is 11.8 Å². The SMILES string of the molecule is CC1CCC(C(C)C)[C@H](OC(=O)[C@@H]2O[C@H](n3cc(F)c(N)nc3=O)CS2)C1. The van der Waals surface area contributed by atoms with Crippen molar-refractivity contribution in [3.63, 3.8) is 0 Å². The van der Waals surface area contributed by atoms with Gasteiger partial charge in [0.25, 0.3) is 0 Å². The Bertz CT molecular complexity index is 757. The van der Waals surface area contributed by atoms with Crippen molar-refractivity contribution in [3.8, 4) is 0 Å². The molecule has 1 saturated heterocycles. The summed E-state index contributed by atoms with van der Waals surface area (Å²) >= 11 is 1.23. The van der Waals surface area contributed by atoms with E-state index in [0.29, 0.717) is 23.5 Å². The third-order valence-electron chi connectivity index (χ3n) is 5.34. The van der Waals surface area contributed by atoms with E-state index < -0.39 is 35.0 Å². The van der Waals surface area contributed by atoms with Crippen molar-refractivity contribution < 1.29 is 18.7 Å². The van der Waals surface area contributed by atoms with E-state index in [0.717, 1.165) is 30.0 Å². The van der Waals surface area contributed by atoms with Gasteiger partial charge in [-0.05, 0) is 30.6 Å². The summed E-state index contributed by atoms with van der Waals surface area (Å²) in [5.41, 5.74) is 3.74. The number of esters is 1. The van der Waals surface area contributed by atoms with Gasteiger partial charge in [0.1, 0.15) is 12.3 Å². The van der Waals surface area contributed by atoms with Gasteiger partial charge < -0.3 is 15.2 Å². The standard InChI is InChI=1S/C18H26FN3O4S/c1-9(2)11-5-4-10(3)6-13(11)25-16(23)17-26-14(8-27-17)22-7-12(19)15(20)21-18(22)24/h7,9-11,13-14,17H,4-6,8H2,1-3H3,(H2,20,21,24)/t10?,11?,13-,14+,17-/m1/s1. The van der Waals surface area contributed by atoms with Crippen LogP contribution in [0.5, 0.6) is 0 Å². The number of hydrogen-bond acceptors (Lipinski definition) is 7. The molecule has 5 atom stereocenters. The molecule has 7 nitrogen and oxygen atoms in total. The molecule has 150 valence electrons. The number of hydrogen-bond donors (Lipinski definition) is 1. The summed E-state index contributed by atoms with van der Waals surface area (Å²) in [5.74, 6) is -0.0872. The Morgan fingerprint density at radius 2 is 2.22 bits per heavy atom. The number of thioether (sulfide) groups is 1. The van der Waals surface area contributed by atoms with E-state index in [1.54, 1.807) is 0 Å². The molecule has 2 heterocycles. The number of nitrogens with zero attached hydrogens (tertiary/aromatic N) is 2. The summed E-state index contributed by atoms with van der Waals surface area (Å²) in [6.45, 7) is 6.46. The second kappa shape index (κ2) is 8.18. The monoisotopic (exact) mass is 399 g/mol. The predicted molar refractivity (Wildman–Crippen MR) is 100 cm³/mol. The van der Waals surface area contributed by atoms with E-state index in [4.69, 9.17) is 15.2 Å². The third kappa shape index (κ3) is 4.45. The van der Waals surface area contributed by atoms with Crippen LogP contribution in [0.4, 0.5) is 10.2 Å². The molecule has 0 radical (unpaired) electrons. The van der Waals surface area contributed by atoms with E-state index in [1.807, 2.05) is 0 Å². The number of ether oxygens (including phenoxy) is 2. The van der Waals surface area contributed by atoms with Crippen molar-refractivity contribution in [1.82, 2.24) is 9.55 Å². The zero-order valence-electron chi connectivity index (χ0n) is 15.8. The number of nitrogens with two attached hydrogens (primary N) is 1. The van der Waals surface area contributed by atoms with Crippen LogP contribution in [0.25, 0.3) is 0 Å². The molecule has 1 aliphatic carbocycles. The predicted octanol–water partition coefficient (Wildman–Crippen LogP) is 2.56. The van der Waals surface area contributed by atoms with Gasteiger partial charge in [-0.2, -0.15) is 4.98 Å². The van der Waals surface area contributed by atoms with Crippen molar-refractivity contribution in [1.29, 1.82) is 0 Å². The summed E-state index contributed by atoms with van der Waals surface area (Å²) in [4.78, 5) is 28.0. The average molecular weight is 399 g/mol. The highest BCUT2D eigenvalue weighted by atomic mass is 32.2. The van der Waals surface area contributed by atoms with Crippen LogP contribution < -0.4 is 11.4 Å². The zero-order chi connectivity index (χ0) is 19.7. The first-order valence-corrected chi connectivity index (χ1v) is 10.3. The Morgan fingerprint density at radius 1 is 1.48 bits per heavy atom. The smallest absolute Gasteiger partial charge is 0.351 e. The molecular formula is C18H26FN3O4S. The van der Waals surface area contributed by atoms with Crippen molar-refractivity contribution in [3.05, 3.63) is 22.5 Å². The molecule has 9 heteroatoms. The minimum Gasteiger partial charge on any atom is -0.459 e. The lowest BCUT2D eigenvalue weighted by Gasteiger charge is -2.37. The van der Waals surface area contributed by atoms with Gasteiger partial charge in [0, 0.05) is 5.75 Å². The second-order valence-electron chi connectivity index (χ2n) is 7.72. The topological polar surface area (TPSA) is 96.4 Å². The average Bonchev–Trinajstić information content (AvgIpc) is 3.08. The van der Waals surface area contributed by atoms with E-state index >= 15 is 0 Å². The number of carbonyl (C=O) groups excluding carboxylic acids is 1. The van der Waals surface area contributed by atoms with Crippen LogP contribution in [0.3, 0.4) is 0 Å². The number of halogens is 1. The largest absolute Gasteiger partial charge is 0.459 e. The minimum absolute atomic E-state index is 0.122. The van der Waals surface area contributed by atoms with Gasteiger partial charge in [0.05, 0.1) is 6.20 Å². The molecule has 1 aromatic heterocycles. The summed E-state index contributed by atoms with van der Waals surface area (Å²) in [7, 11) is 0. The fourth-order valence-corrected chi connectivity index (χ4v) is 4.76. The maximum atomic E-state index is 13.6. The van der Waals surface area contributed by atoms with Gasteiger partial charge >= 0.3 is 11.7 Å². The van der Waals surface area contributed by atoms with E-state index in [9.17, 15) is 14.0 Å². The molecule has 2 fully saturated rings. The molecule has 2 N–H and O–H groups in total. The summed E-state index contributed by atoms with van der Waals surface area (Å²) in [6, 6.07) is 0. The van der Waals surface area contributed by atoms with E-state index in [-0.39, 0.29) is 6.10 Å². The Morgan fingerprint density at radius 3 is 2.93 bits per heavy atom. The quantitative estimate of drug-likeness (QED) is 0.777. The van der Waals surface area contributed by atoms with Crippen LogP contribution in [0.1, 0.15) is 46.3 Å². The lowest BCUT2D eigenvalue weighted by Crippen LogP contribution is -2.38. The highest BCUT2D eigenvalue weighted by Gasteiger charge is 2.39. The molecule has 27 heavy (non-hydrogen) atoms. The molecule has 0 bridgehead atoms. The summed E-state index contributed by atoms with van der Waals surface area (Å²) in [6.07, 6.45) is 3.09. The number of nitrogen functional groups attached to an aromatic ring is 1. The highest BCUT2D eigenvalue weighted by Crippen LogP contribution is 2.37. The molecule has 2 unspecified atom stereocenters. The maximum Gasteiger partial charge on any atom is 0.351 e. The lowest BCUT2D eigenvalue weighted by molar-refractivity contribution is -0.166. The first-order chi connectivity index (χ1) is 12.8. The molecule has 1 aliphatic heterocycles. The van der Waals surface area contributed by atoms with E-state index in [2.05, 4.69) is 25.8 Å². The van der Waals surface area contributed by atoms with Crippen molar-refractivity contribution in [2.45, 2.75) is 57.8 Å². The van der Waals surface area contributed by atoms with Gasteiger partial charge in [-0.1, -0.05) is 27.2 Å². The van der Waals surface area contributed by atoms with Crippen molar-refractivity contribution in [2.75, 3.05) is 11.5 Å². The number of aromatic nitrogens is 2. The van der Waals surface area contributed by atoms with Crippen molar-refractivity contribution in [2.24, 2.45) is 17.8 Å². The van der Waals surface area contributed by atoms with Crippen LogP contribution in [-0.2, 0) is 14.3 Å². The van der Waals surface area contributed by atoms with Crippen LogP contribution in [0.15, 0.2) is 11.0 Å². The normalized spacial score (nSPS) is 31.2. The molecule has 0 aromatic carbocycles. The molecule has 0 amide bonds. The second-order valence-corrected chi connectivity index (χ2v) is 8.82. The summed E-state index contributed by atoms with van der Waals surface area (Å²) in [5, 5.41) is 0. The number of carbonyl (C=O) groups is 1. The van der Waals surface area contributed by atoms with Crippen LogP contribution in [0.2, 0.25) is 0 Å². The Hall–Kier alpha value is -1.61. The Labute approximate surface area is 161 Å². The zero-order valence-corrected chi connectivity index (χ0v) is 16.6. The molecule has 3 rings (SSSR count). The van der Waals surface area contributed by atoms with Gasteiger partial charge in [-0.25, -0.2) is 14.0 Å². The van der Waals surface area contributed by atoms with Crippen molar-refractivity contribution >= 4 is 23.5 Å². The molecule has 1 saturated carbocycles. The van der Waals surface area contributed by atoms with Gasteiger partial charge in [-0.15, -0.1) is 11.8 Å². The lowest BCUT2D eigenvalue weighted by atomic mass is 9.75. The number of rotatable bonds is 4. The minimum atomic E-state index is -0.840. The van der Waals surface area contributed by atoms with Crippen LogP contribution >= 0.6 is 11.8 Å². The van der Waals surface area contributed by atoms with Gasteiger partial charge in [-0.3, -0.25) is 4.57 Å². The number of anilines is 1. The fraction of sp³-hybridized carbons (Fsp3) is 0.722. The molecule has 2 aliphatic rings. The highest BCUT2D eigenvalue weighted by molar-refractivity contribution is 8.00. The molecule has 0 spiro atoms. The Balaban J connectivity index is 1.65. The maximum absolute atomic E-state index is 13.6.